The Morgan fingerprint density at radius 2 is 2.13 bits per heavy atom. The highest BCUT2D eigenvalue weighted by Gasteiger charge is 2.12. The van der Waals surface area contributed by atoms with Crippen LogP contribution in [0, 0.1) is 13.8 Å². The van der Waals surface area contributed by atoms with Gasteiger partial charge in [0.15, 0.2) is 0 Å². The Morgan fingerprint density at radius 1 is 1.47 bits per heavy atom. The van der Waals surface area contributed by atoms with Crippen molar-refractivity contribution in [2.45, 2.75) is 32.1 Å². The molecular formula is C12H15ClO2. The van der Waals surface area contributed by atoms with Gasteiger partial charge in [0.1, 0.15) is 0 Å². The first-order valence-electron chi connectivity index (χ1n) is 4.93. The van der Waals surface area contributed by atoms with E-state index in [0.717, 1.165) is 11.1 Å². The smallest absolute Gasteiger partial charge is 0.303 e. The van der Waals surface area contributed by atoms with Gasteiger partial charge in [-0.1, -0.05) is 23.8 Å². The summed E-state index contributed by atoms with van der Waals surface area (Å²) in [5.74, 6) is -0.801. The van der Waals surface area contributed by atoms with E-state index in [1.165, 1.54) is 5.56 Å². The topological polar surface area (TPSA) is 37.3 Å². The molecule has 0 spiro atoms. The molecular weight excluding hydrogens is 212 g/mol. The van der Waals surface area contributed by atoms with Gasteiger partial charge in [-0.15, -0.1) is 11.6 Å². The van der Waals surface area contributed by atoms with E-state index in [-0.39, 0.29) is 11.8 Å². The summed E-state index contributed by atoms with van der Waals surface area (Å²) in [6.07, 6.45) is 0.586. The van der Waals surface area contributed by atoms with Crippen LogP contribution in [0.1, 0.15) is 34.9 Å². The number of carbonyl (C=O) groups is 1. The Hall–Kier alpha value is -1.02. The molecule has 0 heterocycles. The predicted molar refractivity (Wildman–Crippen MR) is 61.4 cm³/mol. The average molecular weight is 227 g/mol. The van der Waals surface area contributed by atoms with E-state index < -0.39 is 5.97 Å². The van der Waals surface area contributed by atoms with Crippen LogP contribution in [0.4, 0.5) is 0 Å². The zero-order chi connectivity index (χ0) is 11.4. The number of carboxylic acids is 1. The molecule has 1 rings (SSSR count). The van der Waals surface area contributed by atoms with Crippen LogP contribution in [0.2, 0.25) is 0 Å². The molecule has 1 atom stereocenters. The van der Waals surface area contributed by atoms with Crippen LogP contribution < -0.4 is 0 Å². The van der Waals surface area contributed by atoms with Crippen molar-refractivity contribution >= 4 is 17.6 Å². The number of hydrogen-bond acceptors (Lipinski definition) is 1. The molecule has 0 saturated carbocycles. The molecule has 1 N–H and O–H groups in total. The second-order valence-electron chi connectivity index (χ2n) is 3.76. The second kappa shape index (κ2) is 5.17. The molecule has 15 heavy (non-hydrogen) atoms. The summed E-state index contributed by atoms with van der Waals surface area (Å²) >= 11 is 6.14. The van der Waals surface area contributed by atoms with Crippen LogP contribution in [-0.2, 0) is 4.79 Å². The highest BCUT2D eigenvalue weighted by atomic mass is 35.5. The van der Waals surface area contributed by atoms with E-state index in [2.05, 4.69) is 6.07 Å². The molecule has 0 bridgehead atoms. The van der Waals surface area contributed by atoms with Crippen molar-refractivity contribution in [2.75, 3.05) is 0 Å². The molecule has 0 aliphatic carbocycles. The van der Waals surface area contributed by atoms with Crippen LogP contribution in [0.3, 0.4) is 0 Å². The van der Waals surface area contributed by atoms with E-state index in [1.54, 1.807) is 0 Å². The molecule has 1 aromatic carbocycles. The van der Waals surface area contributed by atoms with Crippen LogP contribution >= 0.6 is 11.6 Å². The number of halogens is 1. The van der Waals surface area contributed by atoms with Gasteiger partial charge < -0.3 is 5.11 Å². The van der Waals surface area contributed by atoms with Crippen molar-refractivity contribution < 1.29 is 9.90 Å². The number of aryl methyl sites for hydroxylation is 2. The summed E-state index contributed by atoms with van der Waals surface area (Å²) in [5.41, 5.74) is 3.35. The zero-order valence-electron chi connectivity index (χ0n) is 8.96. The first-order chi connectivity index (χ1) is 7.00. The number of rotatable bonds is 4. The fourth-order valence-corrected chi connectivity index (χ4v) is 1.94. The maximum atomic E-state index is 10.4. The highest BCUT2D eigenvalue weighted by Crippen LogP contribution is 2.28. The number of carboxylic acid groups (broad SMARTS) is 1. The Labute approximate surface area is 94.9 Å². The van der Waals surface area contributed by atoms with Crippen LogP contribution in [0.15, 0.2) is 18.2 Å². The van der Waals surface area contributed by atoms with E-state index >= 15 is 0 Å². The summed E-state index contributed by atoms with van der Waals surface area (Å²) in [4.78, 5) is 10.4. The first-order valence-corrected chi connectivity index (χ1v) is 5.37. The normalized spacial score (nSPS) is 12.5. The molecule has 1 aromatic rings. The molecule has 82 valence electrons. The number of hydrogen-bond donors (Lipinski definition) is 1. The third kappa shape index (κ3) is 3.56. The molecule has 0 aliphatic heterocycles. The minimum Gasteiger partial charge on any atom is -0.481 e. The molecule has 0 amide bonds. The van der Waals surface area contributed by atoms with Gasteiger partial charge in [0.25, 0.3) is 0 Å². The fourth-order valence-electron chi connectivity index (χ4n) is 1.58. The molecule has 1 unspecified atom stereocenters. The zero-order valence-corrected chi connectivity index (χ0v) is 9.71. The van der Waals surface area contributed by atoms with Gasteiger partial charge in [-0.2, -0.15) is 0 Å². The minimum absolute atomic E-state index is 0.113. The lowest BCUT2D eigenvalue weighted by Gasteiger charge is -2.12. The van der Waals surface area contributed by atoms with Gasteiger partial charge in [0.2, 0.25) is 0 Å². The molecule has 0 radical (unpaired) electrons. The molecule has 3 heteroatoms. The number of aliphatic carboxylic acids is 1. The maximum Gasteiger partial charge on any atom is 0.303 e. The summed E-state index contributed by atoms with van der Waals surface area (Å²) in [5, 5.41) is 8.36. The van der Waals surface area contributed by atoms with Gasteiger partial charge in [0.05, 0.1) is 5.38 Å². The fraction of sp³-hybridized carbons (Fsp3) is 0.417. The van der Waals surface area contributed by atoms with E-state index in [9.17, 15) is 4.79 Å². The van der Waals surface area contributed by atoms with Gasteiger partial charge in [0, 0.05) is 6.42 Å². The van der Waals surface area contributed by atoms with Crippen molar-refractivity contribution in [1.82, 2.24) is 0 Å². The third-order valence-corrected chi connectivity index (χ3v) is 2.83. The van der Waals surface area contributed by atoms with Crippen molar-refractivity contribution in [3.63, 3.8) is 0 Å². The second-order valence-corrected chi connectivity index (χ2v) is 4.29. The Balaban J connectivity index is 2.73. The minimum atomic E-state index is -0.801. The van der Waals surface area contributed by atoms with Crippen molar-refractivity contribution in [3.05, 3.63) is 34.9 Å². The van der Waals surface area contributed by atoms with E-state index in [4.69, 9.17) is 16.7 Å². The summed E-state index contributed by atoms with van der Waals surface area (Å²) in [7, 11) is 0. The van der Waals surface area contributed by atoms with Crippen molar-refractivity contribution in [2.24, 2.45) is 0 Å². The summed E-state index contributed by atoms with van der Waals surface area (Å²) < 4.78 is 0. The lowest BCUT2D eigenvalue weighted by atomic mass is 10.0. The van der Waals surface area contributed by atoms with Crippen molar-refractivity contribution in [1.29, 1.82) is 0 Å². The van der Waals surface area contributed by atoms with Gasteiger partial charge >= 0.3 is 5.97 Å². The lowest BCUT2D eigenvalue weighted by Crippen LogP contribution is -2.00. The van der Waals surface area contributed by atoms with E-state index in [0.29, 0.717) is 6.42 Å². The quantitative estimate of drug-likeness (QED) is 0.799. The average Bonchev–Trinajstić information content (AvgIpc) is 2.14. The predicted octanol–water partition coefficient (Wildman–Crippen LogP) is 3.45. The van der Waals surface area contributed by atoms with Gasteiger partial charge in [-0.25, -0.2) is 0 Å². The molecule has 0 saturated heterocycles. The van der Waals surface area contributed by atoms with Crippen LogP contribution in [0.25, 0.3) is 0 Å². The number of benzene rings is 1. The largest absolute Gasteiger partial charge is 0.481 e. The maximum absolute atomic E-state index is 10.4. The SMILES string of the molecule is Cc1ccc(C(Cl)CCC(=O)O)c(C)c1. The summed E-state index contributed by atoms with van der Waals surface area (Å²) in [6, 6.07) is 6.04. The van der Waals surface area contributed by atoms with Gasteiger partial charge in [-0.3, -0.25) is 4.79 Å². The van der Waals surface area contributed by atoms with Crippen LogP contribution in [-0.4, -0.2) is 11.1 Å². The number of alkyl halides is 1. The highest BCUT2D eigenvalue weighted by molar-refractivity contribution is 6.21. The molecule has 0 fully saturated rings. The molecule has 0 aromatic heterocycles. The lowest BCUT2D eigenvalue weighted by molar-refractivity contribution is -0.137. The summed E-state index contributed by atoms with van der Waals surface area (Å²) in [6.45, 7) is 4.02. The Morgan fingerprint density at radius 3 is 2.67 bits per heavy atom. The molecule has 0 aliphatic rings. The Kier molecular flexibility index (Phi) is 4.15. The molecule has 2 nitrogen and oxygen atoms in total. The third-order valence-electron chi connectivity index (χ3n) is 2.37. The monoisotopic (exact) mass is 226 g/mol. The van der Waals surface area contributed by atoms with Crippen molar-refractivity contribution in [3.8, 4) is 0 Å². The van der Waals surface area contributed by atoms with Gasteiger partial charge in [-0.05, 0) is 31.4 Å². The Bertz CT molecular complexity index is 361. The van der Waals surface area contributed by atoms with Crippen LogP contribution in [0.5, 0.6) is 0 Å². The first kappa shape index (κ1) is 12.1. The van der Waals surface area contributed by atoms with E-state index in [1.807, 2.05) is 26.0 Å². The standard InChI is InChI=1S/C12H15ClO2/c1-8-3-4-10(9(2)7-8)11(13)5-6-12(14)15/h3-4,7,11H,5-6H2,1-2H3,(H,14,15).